The highest BCUT2D eigenvalue weighted by molar-refractivity contribution is 6.12. The van der Waals surface area contributed by atoms with Gasteiger partial charge in [0.2, 0.25) is 5.90 Å². The highest BCUT2D eigenvalue weighted by Gasteiger charge is 2.25. The largest absolute Gasteiger partial charge is 0.465 e. The molecule has 0 fully saturated rings. The van der Waals surface area contributed by atoms with Gasteiger partial charge in [-0.15, -0.1) is 0 Å². The van der Waals surface area contributed by atoms with Crippen LogP contribution < -0.4 is 0 Å². The first kappa shape index (κ1) is 12.8. The van der Waals surface area contributed by atoms with Crippen LogP contribution in [-0.2, 0) is 9.53 Å². The summed E-state index contributed by atoms with van der Waals surface area (Å²) < 4.78 is 10.1. The topological polar surface area (TPSA) is 94.9 Å². The van der Waals surface area contributed by atoms with Gasteiger partial charge < -0.3 is 9.15 Å². The van der Waals surface area contributed by atoms with E-state index in [9.17, 15) is 14.9 Å². The number of esters is 1. The fraction of sp³-hybridized carbons (Fsp3) is 0. The van der Waals surface area contributed by atoms with Gasteiger partial charge in [0, 0.05) is 23.8 Å². The Kier molecular flexibility index (Phi) is 3.07. The van der Waals surface area contributed by atoms with Gasteiger partial charge in [0.05, 0.1) is 11.2 Å². The zero-order valence-electron chi connectivity index (χ0n) is 10.6. The van der Waals surface area contributed by atoms with E-state index < -0.39 is 10.9 Å². The van der Waals surface area contributed by atoms with Gasteiger partial charge in [0.15, 0.2) is 5.70 Å². The van der Waals surface area contributed by atoms with Gasteiger partial charge in [0.1, 0.15) is 5.76 Å². The molecule has 104 valence electrons. The molecule has 0 N–H and O–H groups in total. The van der Waals surface area contributed by atoms with Crippen molar-refractivity contribution in [2.75, 3.05) is 0 Å². The van der Waals surface area contributed by atoms with E-state index in [0.29, 0.717) is 11.3 Å². The molecule has 7 nitrogen and oxygen atoms in total. The van der Waals surface area contributed by atoms with Crippen molar-refractivity contribution in [3.63, 3.8) is 0 Å². The molecule has 2 aromatic rings. The maximum absolute atomic E-state index is 11.7. The molecule has 3 rings (SSSR count). The molecule has 21 heavy (non-hydrogen) atoms. The van der Waals surface area contributed by atoms with E-state index in [1.165, 1.54) is 30.5 Å². The Morgan fingerprint density at radius 1 is 1.24 bits per heavy atom. The normalized spacial score (nSPS) is 15.9. The van der Waals surface area contributed by atoms with Crippen LogP contribution in [0.15, 0.2) is 57.8 Å². The second kappa shape index (κ2) is 5.04. The number of furan rings is 1. The van der Waals surface area contributed by atoms with Gasteiger partial charge in [-0.2, -0.15) is 0 Å². The molecule has 0 radical (unpaired) electrons. The van der Waals surface area contributed by atoms with Crippen LogP contribution in [0.25, 0.3) is 6.08 Å². The Labute approximate surface area is 118 Å². The Hall–Kier alpha value is -3.22. The first-order valence-electron chi connectivity index (χ1n) is 5.94. The molecular weight excluding hydrogens is 276 g/mol. The number of carbonyl (C=O) groups is 1. The number of hydrogen-bond donors (Lipinski definition) is 0. The average molecular weight is 284 g/mol. The Morgan fingerprint density at radius 3 is 2.81 bits per heavy atom. The molecule has 1 aromatic heterocycles. The lowest BCUT2D eigenvalue weighted by Crippen LogP contribution is -2.05. The quantitative estimate of drug-likeness (QED) is 0.373. The number of cyclic esters (lactones) is 1. The predicted molar refractivity (Wildman–Crippen MR) is 72.4 cm³/mol. The number of benzene rings is 1. The van der Waals surface area contributed by atoms with E-state index in [-0.39, 0.29) is 17.3 Å². The first-order chi connectivity index (χ1) is 10.1. The van der Waals surface area contributed by atoms with Gasteiger partial charge in [-0.1, -0.05) is 6.07 Å². The van der Waals surface area contributed by atoms with Crippen LogP contribution in [-0.4, -0.2) is 16.8 Å². The smallest absolute Gasteiger partial charge is 0.363 e. The van der Waals surface area contributed by atoms with Crippen molar-refractivity contribution in [2.45, 2.75) is 0 Å². The first-order valence-corrected chi connectivity index (χ1v) is 5.94. The minimum atomic E-state index is -0.632. The third-order valence-corrected chi connectivity index (χ3v) is 2.75. The van der Waals surface area contributed by atoms with Crippen molar-refractivity contribution in [1.82, 2.24) is 0 Å². The molecular formula is C14H8N2O5. The monoisotopic (exact) mass is 284 g/mol. The molecule has 1 aromatic carbocycles. The maximum atomic E-state index is 11.7. The molecule has 0 amide bonds. The highest BCUT2D eigenvalue weighted by Crippen LogP contribution is 2.21. The highest BCUT2D eigenvalue weighted by atomic mass is 16.6. The third kappa shape index (κ3) is 2.57. The molecule has 1 aliphatic rings. The van der Waals surface area contributed by atoms with E-state index in [1.807, 2.05) is 0 Å². The van der Waals surface area contributed by atoms with Gasteiger partial charge in [-0.05, 0) is 18.2 Å². The lowest BCUT2D eigenvalue weighted by Gasteiger charge is -1.98. The summed E-state index contributed by atoms with van der Waals surface area (Å²) in [5.41, 5.74) is 0.335. The Bertz CT molecular complexity index is 774. The van der Waals surface area contributed by atoms with Crippen molar-refractivity contribution < 1.29 is 18.9 Å². The minimum absolute atomic E-state index is 0.0292. The van der Waals surface area contributed by atoms with E-state index in [0.717, 1.165) is 0 Å². The molecule has 0 saturated heterocycles. The summed E-state index contributed by atoms with van der Waals surface area (Å²) >= 11 is 0. The van der Waals surface area contributed by atoms with Crippen molar-refractivity contribution >= 4 is 23.6 Å². The summed E-state index contributed by atoms with van der Waals surface area (Å²) in [6.45, 7) is 0. The van der Waals surface area contributed by atoms with E-state index in [1.54, 1.807) is 18.2 Å². The summed E-state index contributed by atoms with van der Waals surface area (Å²) in [6, 6.07) is 9.06. The zero-order valence-corrected chi connectivity index (χ0v) is 10.6. The molecule has 0 aliphatic carbocycles. The summed E-state index contributed by atoms with van der Waals surface area (Å²) in [4.78, 5) is 26.0. The number of hydrogen-bond acceptors (Lipinski definition) is 6. The zero-order chi connectivity index (χ0) is 14.8. The van der Waals surface area contributed by atoms with Crippen molar-refractivity contribution in [1.29, 1.82) is 0 Å². The van der Waals surface area contributed by atoms with Gasteiger partial charge in [-0.25, -0.2) is 9.79 Å². The lowest BCUT2D eigenvalue weighted by molar-refractivity contribution is -0.384. The second-order valence-corrected chi connectivity index (χ2v) is 4.16. The van der Waals surface area contributed by atoms with Crippen LogP contribution >= 0.6 is 0 Å². The maximum Gasteiger partial charge on any atom is 0.363 e. The van der Waals surface area contributed by atoms with E-state index >= 15 is 0 Å². The SMILES string of the molecule is O=C1OC(c2cccc([N+](=O)[O-])c2)=N/C1=C\c1ccco1. The fourth-order valence-corrected chi connectivity index (χ4v) is 1.79. The summed E-state index contributed by atoms with van der Waals surface area (Å²) in [6.07, 6.45) is 2.91. The Morgan fingerprint density at radius 2 is 2.10 bits per heavy atom. The van der Waals surface area contributed by atoms with E-state index in [4.69, 9.17) is 9.15 Å². The van der Waals surface area contributed by atoms with Crippen LogP contribution in [0.5, 0.6) is 0 Å². The summed E-state index contributed by atoms with van der Waals surface area (Å²) in [5, 5.41) is 10.7. The number of nitro benzene ring substituents is 1. The third-order valence-electron chi connectivity index (χ3n) is 2.75. The lowest BCUT2D eigenvalue weighted by atomic mass is 10.2. The molecule has 7 heteroatoms. The summed E-state index contributed by atoms with van der Waals surface area (Å²) in [7, 11) is 0. The number of ether oxygens (including phenoxy) is 1. The van der Waals surface area contributed by atoms with Crippen LogP contribution in [0.1, 0.15) is 11.3 Å². The minimum Gasteiger partial charge on any atom is -0.465 e. The molecule has 1 aliphatic heterocycles. The number of aliphatic imine (C=N–C) groups is 1. The molecule has 0 saturated carbocycles. The van der Waals surface area contributed by atoms with Crippen LogP contribution in [0.3, 0.4) is 0 Å². The second-order valence-electron chi connectivity index (χ2n) is 4.16. The number of nitrogens with zero attached hydrogens (tertiary/aromatic N) is 2. The van der Waals surface area contributed by atoms with Crippen LogP contribution in [0.4, 0.5) is 5.69 Å². The molecule has 0 bridgehead atoms. The van der Waals surface area contributed by atoms with Crippen molar-refractivity contribution in [2.24, 2.45) is 4.99 Å². The number of carbonyl (C=O) groups excluding carboxylic acids is 1. The summed E-state index contributed by atoms with van der Waals surface area (Å²) in [5.74, 6) is -0.139. The number of nitro groups is 1. The van der Waals surface area contributed by atoms with Gasteiger partial charge >= 0.3 is 5.97 Å². The van der Waals surface area contributed by atoms with E-state index in [2.05, 4.69) is 4.99 Å². The Balaban J connectivity index is 1.95. The number of non-ortho nitro benzene ring substituents is 1. The van der Waals surface area contributed by atoms with Crippen LogP contribution in [0.2, 0.25) is 0 Å². The van der Waals surface area contributed by atoms with Crippen LogP contribution in [0, 0.1) is 10.1 Å². The van der Waals surface area contributed by atoms with Gasteiger partial charge in [-0.3, -0.25) is 10.1 Å². The van der Waals surface area contributed by atoms with Gasteiger partial charge in [0.25, 0.3) is 5.69 Å². The van der Waals surface area contributed by atoms with Crippen molar-refractivity contribution in [3.8, 4) is 0 Å². The fourth-order valence-electron chi connectivity index (χ4n) is 1.79. The standard InChI is InChI=1S/C14H8N2O5/c17-14-12(8-11-5-2-6-20-11)15-13(21-14)9-3-1-4-10(7-9)16(18)19/h1-8H/b12-8-. The van der Waals surface area contributed by atoms with Crippen molar-refractivity contribution in [3.05, 3.63) is 69.8 Å². The molecule has 0 spiro atoms. The molecule has 0 unspecified atom stereocenters. The number of rotatable bonds is 3. The average Bonchev–Trinajstić information content (AvgIpc) is 3.10. The molecule has 0 atom stereocenters. The predicted octanol–water partition coefficient (Wildman–Crippen LogP) is 2.53. The molecule has 2 heterocycles.